The van der Waals surface area contributed by atoms with Crippen LogP contribution >= 0.6 is 0 Å². The maximum atomic E-state index is 10.6. The zero-order valence-electron chi connectivity index (χ0n) is 8.07. The molecule has 0 rings (SSSR count). The molecule has 0 spiro atoms. The van der Waals surface area contributed by atoms with Crippen molar-refractivity contribution in [3.8, 4) is 0 Å². The molecule has 2 atom stereocenters. The van der Waals surface area contributed by atoms with Gasteiger partial charge in [-0.2, -0.15) is 0 Å². The summed E-state index contributed by atoms with van der Waals surface area (Å²) in [6.45, 7) is 1.88. The van der Waals surface area contributed by atoms with Crippen LogP contribution in [0.3, 0.4) is 0 Å². The van der Waals surface area contributed by atoms with E-state index < -0.39 is 17.9 Å². The summed E-state index contributed by atoms with van der Waals surface area (Å²) in [6, 6.07) is 0. The molecular formula is C9H19NO3. The molecule has 0 aliphatic rings. The van der Waals surface area contributed by atoms with Gasteiger partial charge in [-0.3, -0.25) is 4.79 Å². The number of aliphatic hydroxyl groups excluding tert-OH is 2. The Morgan fingerprint density at radius 2 is 2.08 bits per heavy atom. The van der Waals surface area contributed by atoms with Crippen molar-refractivity contribution < 1.29 is 15.0 Å². The summed E-state index contributed by atoms with van der Waals surface area (Å²) in [5.41, 5.74) is 4.92. The molecule has 78 valence electrons. The van der Waals surface area contributed by atoms with Crippen molar-refractivity contribution in [2.75, 3.05) is 6.61 Å². The fourth-order valence-electron chi connectivity index (χ4n) is 1.24. The Kier molecular flexibility index (Phi) is 6.54. The van der Waals surface area contributed by atoms with E-state index in [9.17, 15) is 9.90 Å². The molecule has 0 aliphatic carbocycles. The smallest absolute Gasteiger partial charge is 0.246 e. The lowest BCUT2D eigenvalue weighted by Gasteiger charge is -2.17. The molecule has 2 unspecified atom stereocenters. The Morgan fingerprint density at radius 3 is 2.46 bits per heavy atom. The van der Waals surface area contributed by atoms with Gasteiger partial charge in [-0.15, -0.1) is 0 Å². The van der Waals surface area contributed by atoms with E-state index in [4.69, 9.17) is 10.8 Å². The molecule has 0 aromatic heterocycles. The normalized spacial score (nSPS) is 15.3. The zero-order chi connectivity index (χ0) is 10.3. The van der Waals surface area contributed by atoms with Crippen LogP contribution in [-0.2, 0) is 4.79 Å². The van der Waals surface area contributed by atoms with E-state index in [1.807, 2.05) is 0 Å². The van der Waals surface area contributed by atoms with Crippen LogP contribution in [0.4, 0.5) is 0 Å². The molecule has 4 N–H and O–H groups in total. The molecule has 0 aromatic rings. The third-order valence-corrected chi connectivity index (χ3v) is 2.15. The lowest BCUT2D eigenvalue weighted by Crippen LogP contribution is -2.36. The second-order valence-corrected chi connectivity index (χ2v) is 3.29. The van der Waals surface area contributed by atoms with Crippen LogP contribution in [0.5, 0.6) is 0 Å². The van der Waals surface area contributed by atoms with Gasteiger partial charge in [-0.1, -0.05) is 26.2 Å². The molecular weight excluding hydrogens is 170 g/mol. The van der Waals surface area contributed by atoms with Gasteiger partial charge in [0.05, 0.1) is 0 Å². The van der Waals surface area contributed by atoms with Crippen molar-refractivity contribution in [2.24, 2.45) is 11.7 Å². The minimum Gasteiger partial charge on any atom is -0.396 e. The number of aliphatic hydroxyl groups is 2. The van der Waals surface area contributed by atoms with Gasteiger partial charge in [0.1, 0.15) is 6.10 Å². The third kappa shape index (κ3) is 4.85. The molecule has 0 saturated carbocycles. The summed E-state index contributed by atoms with van der Waals surface area (Å²) >= 11 is 0. The van der Waals surface area contributed by atoms with E-state index in [1.54, 1.807) is 0 Å². The molecule has 1 amide bonds. The number of rotatable bonds is 7. The number of unbranched alkanes of at least 4 members (excludes halogenated alkanes) is 2. The standard InChI is InChI=1S/C9H19NO3/c1-2-3-4-5-7(6-11)8(12)9(10)13/h7-8,11-12H,2-6H2,1H3,(H2,10,13). The Morgan fingerprint density at radius 1 is 1.46 bits per heavy atom. The van der Waals surface area contributed by atoms with Crippen molar-refractivity contribution in [1.82, 2.24) is 0 Å². The first kappa shape index (κ1) is 12.4. The molecule has 0 aromatic carbocycles. The van der Waals surface area contributed by atoms with Crippen LogP contribution in [0, 0.1) is 5.92 Å². The molecule has 0 bridgehead atoms. The van der Waals surface area contributed by atoms with Crippen LogP contribution in [0.15, 0.2) is 0 Å². The van der Waals surface area contributed by atoms with Crippen LogP contribution in [0.2, 0.25) is 0 Å². The highest BCUT2D eigenvalue weighted by atomic mass is 16.3. The molecule has 0 aliphatic heterocycles. The van der Waals surface area contributed by atoms with Gasteiger partial charge < -0.3 is 15.9 Å². The first-order valence-electron chi connectivity index (χ1n) is 4.71. The summed E-state index contributed by atoms with van der Waals surface area (Å²) in [5.74, 6) is -1.15. The van der Waals surface area contributed by atoms with Crippen molar-refractivity contribution in [3.05, 3.63) is 0 Å². The molecule has 0 saturated heterocycles. The van der Waals surface area contributed by atoms with E-state index in [1.165, 1.54) is 0 Å². The minimum atomic E-state index is -1.21. The molecule has 0 radical (unpaired) electrons. The number of carbonyl (C=O) groups is 1. The van der Waals surface area contributed by atoms with Gasteiger partial charge >= 0.3 is 0 Å². The Bertz CT molecular complexity index is 150. The van der Waals surface area contributed by atoms with Crippen molar-refractivity contribution in [3.63, 3.8) is 0 Å². The van der Waals surface area contributed by atoms with Crippen LogP contribution in [0.1, 0.15) is 32.6 Å². The highest BCUT2D eigenvalue weighted by Crippen LogP contribution is 2.13. The summed E-state index contributed by atoms with van der Waals surface area (Å²) in [5, 5.41) is 18.1. The van der Waals surface area contributed by atoms with Gasteiger partial charge in [-0.05, 0) is 6.42 Å². The summed E-state index contributed by atoms with van der Waals surface area (Å²) < 4.78 is 0. The molecule has 0 fully saturated rings. The largest absolute Gasteiger partial charge is 0.396 e. The van der Waals surface area contributed by atoms with E-state index in [0.717, 1.165) is 19.3 Å². The zero-order valence-corrected chi connectivity index (χ0v) is 8.07. The Balaban J connectivity index is 3.80. The SMILES string of the molecule is CCCCCC(CO)C(O)C(N)=O. The third-order valence-electron chi connectivity index (χ3n) is 2.15. The predicted molar refractivity (Wildman–Crippen MR) is 49.9 cm³/mol. The van der Waals surface area contributed by atoms with Crippen molar-refractivity contribution in [2.45, 2.75) is 38.7 Å². The second-order valence-electron chi connectivity index (χ2n) is 3.29. The lowest BCUT2D eigenvalue weighted by atomic mass is 9.96. The predicted octanol–water partition coefficient (Wildman–Crippen LogP) is 0.0214. The van der Waals surface area contributed by atoms with E-state index >= 15 is 0 Å². The van der Waals surface area contributed by atoms with Crippen LogP contribution < -0.4 is 5.73 Å². The Hall–Kier alpha value is -0.610. The van der Waals surface area contributed by atoms with E-state index in [2.05, 4.69) is 6.92 Å². The first-order valence-corrected chi connectivity index (χ1v) is 4.71. The molecule has 4 nitrogen and oxygen atoms in total. The van der Waals surface area contributed by atoms with Crippen molar-refractivity contribution in [1.29, 1.82) is 0 Å². The highest BCUT2D eigenvalue weighted by Gasteiger charge is 2.22. The maximum absolute atomic E-state index is 10.6. The van der Waals surface area contributed by atoms with Gasteiger partial charge in [0.2, 0.25) is 5.91 Å². The first-order chi connectivity index (χ1) is 6.13. The number of carbonyl (C=O) groups excluding carboxylic acids is 1. The molecule has 13 heavy (non-hydrogen) atoms. The second kappa shape index (κ2) is 6.86. The van der Waals surface area contributed by atoms with Crippen LogP contribution in [-0.4, -0.2) is 28.8 Å². The number of amides is 1. The van der Waals surface area contributed by atoms with E-state index in [0.29, 0.717) is 6.42 Å². The maximum Gasteiger partial charge on any atom is 0.246 e. The average molecular weight is 189 g/mol. The highest BCUT2D eigenvalue weighted by molar-refractivity contribution is 5.78. The number of nitrogens with two attached hydrogens (primary N) is 1. The van der Waals surface area contributed by atoms with Gasteiger partial charge in [-0.25, -0.2) is 0 Å². The quantitative estimate of drug-likeness (QED) is 0.494. The summed E-state index contributed by atoms with van der Waals surface area (Å²) in [7, 11) is 0. The van der Waals surface area contributed by atoms with Gasteiger partial charge in [0, 0.05) is 12.5 Å². The number of hydrogen-bond donors (Lipinski definition) is 3. The van der Waals surface area contributed by atoms with Gasteiger partial charge in [0.15, 0.2) is 0 Å². The van der Waals surface area contributed by atoms with E-state index in [-0.39, 0.29) is 6.61 Å². The topological polar surface area (TPSA) is 83.6 Å². The van der Waals surface area contributed by atoms with Crippen LogP contribution in [0.25, 0.3) is 0 Å². The van der Waals surface area contributed by atoms with Gasteiger partial charge in [0.25, 0.3) is 0 Å². The molecule has 0 heterocycles. The summed E-state index contributed by atoms with van der Waals surface area (Å²) in [6.07, 6.45) is 2.47. The number of hydrogen-bond acceptors (Lipinski definition) is 3. The fraction of sp³-hybridized carbons (Fsp3) is 0.889. The minimum absolute atomic E-state index is 0.187. The number of primary amides is 1. The average Bonchev–Trinajstić information content (AvgIpc) is 2.11. The summed E-state index contributed by atoms with van der Waals surface area (Å²) in [4.78, 5) is 10.6. The Labute approximate surface area is 78.7 Å². The van der Waals surface area contributed by atoms with Crippen molar-refractivity contribution >= 4 is 5.91 Å². The monoisotopic (exact) mass is 189 g/mol. The lowest BCUT2D eigenvalue weighted by molar-refractivity contribution is -0.129. The fourth-order valence-corrected chi connectivity index (χ4v) is 1.24. The molecule has 4 heteroatoms.